The zero-order valence-corrected chi connectivity index (χ0v) is 14.4. The maximum Gasteiger partial charge on any atom is 0.312 e. The van der Waals surface area contributed by atoms with Gasteiger partial charge in [-0.05, 0) is 23.8 Å². The van der Waals surface area contributed by atoms with Crippen LogP contribution in [-0.4, -0.2) is 25.3 Å². The molecule has 1 N–H and O–H groups in total. The fourth-order valence-electron chi connectivity index (χ4n) is 2.72. The van der Waals surface area contributed by atoms with Crippen molar-refractivity contribution in [3.8, 4) is 0 Å². The van der Waals surface area contributed by atoms with Gasteiger partial charge in [0, 0.05) is 24.7 Å². The molecule has 0 aliphatic rings. The highest BCUT2D eigenvalue weighted by molar-refractivity contribution is 6.08. The minimum Gasteiger partial charge on any atom is -0.364 e. The van der Waals surface area contributed by atoms with Crippen LogP contribution in [0.25, 0.3) is 11.2 Å². The van der Waals surface area contributed by atoms with Gasteiger partial charge in [-0.3, -0.25) is 4.79 Å². The predicted octanol–water partition coefficient (Wildman–Crippen LogP) is 2.95. The number of hydrogen-bond donors (Lipinski definition) is 1. The fraction of sp³-hybridized carbons (Fsp3) is 0.100. The number of nitrogens with zero attached hydrogens (tertiary/aromatic N) is 4. The first-order valence-electron chi connectivity index (χ1n) is 8.21. The molecule has 2 aromatic carbocycles. The molecule has 0 bridgehead atoms. The minimum atomic E-state index is -0.813. The second-order valence-corrected chi connectivity index (χ2v) is 5.97. The number of anilines is 1. The molecule has 0 atom stereocenters. The van der Waals surface area contributed by atoms with Gasteiger partial charge in [-0.1, -0.05) is 36.4 Å². The summed E-state index contributed by atoms with van der Waals surface area (Å²) in [4.78, 5) is 24.1. The molecule has 7 heteroatoms. The van der Waals surface area contributed by atoms with Crippen LogP contribution in [-0.2, 0) is 13.6 Å². The van der Waals surface area contributed by atoms with Gasteiger partial charge in [0.2, 0.25) is 0 Å². The topological polar surface area (TPSA) is 72.7 Å². The molecule has 6 nitrogen and oxygen atoms in total. The van der Waals surface area contributed by atoms with Gasteiger partial charge in [-0.15, -0.1) is 0 Å². The average molecular weight is 359 g/mol. The normalized spacial score (nSPS) is 10.6. The monoisotopic (exact) mass is 359 g/mol. The van der Waals surface area contributed by atoms with Gasteiger partial charge in [-0.25, -0.2) is 4.98 Å². The lowest BCUT2D eigenvalue weighted by atomic mass is 10.0. The molecule has 0 fully saturated rings. The van der Waals surface area contributed by atoms with Crippen LogP contribution in [0.3, 0.4) is 0 Å². The Morgan fingerprint density at radius 3 is 2.70 bits per heavy atom. The van der Waals surface area contributed by atoms with E-state index < -0.39 is 6.08 Å². The molecule has 0 saturated heterocycles. The van der Waals surface area contributed by atoms with Crippen molar-refractivity contribution in [1.29, 1.82) is 0 Å². The van der Waals surface area contributed by atoms with E-state index >= 15 is 0 Å². The molecule has 0 aliphatic carbocycles. The van der Waals surface area contributed by atoms with E-state index in [2.05, 4.69) is 32.4 Å². The Labute approximate surface area is 154 Å². The Morgan fingerprint density at radius 2 is 1.96 bits per heavy atom. The number of aromatic nitrogens is 4. The van der Waals surface area contributed by atoms with Gasteiger partial charge >= 0.3 is 6.08 Å². The maximum atomic E-state index is 13.6. The average Bonchev–Trinajstić information content (AvgIpc) is 3.07. The van der Waals surface area contributed by atoms with Gasteiger partial charge in [0.1, 0.15) is 0 Å². The van der Waals surface area contributed by atoms with Crippen LogP contribution < -0.4 is 5.32 Å². The van der Waals surface area contributed by atoms with E-state index in [-0.39, 0.29) is 5.78 Å². The number of rotatable bonds is 5. The van der Waals surface area contributed by atoms with E-state index in [9.17, 15) is 9.18 Å². The van der Waals surface area contributed by atoms with E-state index in [0.717, 1.165) is 5.56 Å². The van der Waals surface area contributed by atoms with Crippen LogP contribution in [0.2, 0.25) is 0 Å². The summed E-state index contributed by atoms with van der Waals surface area (Å²) >= 11 is 0. The summed E-state index contributed by atoms with van der Waals surface area (Å²) in [6.45, 7) is 0.407. The Morgan fingerprint density at radius 1 is 1.15 bits per heavy atom. The quantitative estimate of drug-likeness (QED) is 0.438. The number of benzene rings is 1. The first-order valence-corrected chi connectivity index (χ1v) is 8.21. The van der Waals surface area contributed by atoms with E-state index in [1.165, 1.54) is 0 Å². The van der Waals surface area contributed by atoms with Crippen LogP contribution >= 0.6 is 0 Å². The summed E-state index contributed by atoms with van der Waals surface area (Å²) in [5.74, 6) is 0.252. The van der Waals surface area contributed by atoms with Gasteiger partial charge in [0.05, 0.1) is 6.33 Å². The number of halogens is 1. The zero-order chi connectivity index (χ0) is 18.8. The fourth-order valence-corrected chi connectivity index (χ4v) is 2.72. The molecule has 132 valence electrons. The lowest BCUT2D eigenvalue weighted by Crippen LogP contribution is -2.06. The molecule has 4 aromatic rings. The van der Waals surface area contributed by atoms with E-state index in [0.29, 0.717) is 34.7 Å². The van der Waals surface area contributed by atoms with Crippen molar-refractivity contribution >= 4 is 22.8 Å². The van der Waals surface area contributed by atoms with Gasteiger partial charge < -0.3 is 9.88 Å². The molecule has 2 aromatic heterocycles. The first kappa shape index (κ1) is 16.7. The van der Waals surface area contributed by atoms with Crippen LogP contribution in [0.4, 0.5) is 10.2 Å². The SMILES string of the molecule is Cn1cnc2c(NCc3ccc(C(=O)c4cc#ccc4)cc3)nc(F)nc21. The number of ketones is 1. The smallest absolute Gasteiger partial charge is 0.312 e. The van der Waals surface area contributed by atoms with Crippen LogP contribution in [0.15, 0.2) is 48.8 Å². The Hall–Kier alpha value is -3.79. The van der Waals surface area contributed by atoms with Crippen molar-refractivity contribution < 1.29 is 9.18 Å². The molecule has 0 unspecified atom stereocenters. The van der Waals surface area contributed by atoms with Crippen LogP contribution in [0.1, 0.15) is 21.5 Å². The first-order chi connectivity index (χ1) is 13.1. The second kappa shape index (κ2) is 6.84. The Kier molecular flexibility index (Phi) is 4.22. The third-order valence-corrected chi connectivity index (χ3v) is 4.13. The number of hydrogen-bond acceptors (Lipinski definition) is 5. The predicted molar refractivity (Wildman–Crippen MR) is 97.6 cm³/mol. The molecule has 2 heterocycles. The van der Waals surface area contributed by atoms with Crippen molar-refractivity contribution in [2.45, 2.75) is 6.54 Å². The summed E-state index contributed by atoms with van der Waals surface area (Å²) in [5.41, 5.74) is 2.99. The Bertz CT molecular complexity index is 1110. The number of carbonyl (C=O) groups excluding carboxylic acids is 1. The van der Waals surface area contributed by atoms with Gasteiger partial charge in [-0.2, -0.15) is 14.4 Å². The molecular formula is C20H14FN5O. The largest absolute Gasteiger partial charge is 0.364 e. The van der Waals surface area contributed by atoms with E-state index in [1.54, 1.807) is 48.3 Å². The number of fused-ring (bicyclic) bond motifs is 1. The van der Waals surface area contributed by atoms with E-state index in [1.807, 2.05) is 12.1 Å². The minimum absolute atomic E-state index is 0.0761. The highest BCUT2D eigenvalue weighted by Crippen LogP contribution is 2.19. The van der Waals surface area contributed by atoms with Gasteiger partial charge in [0.25, 0.3) is 0 Å². The number of carbonyl (C=O) groups is 1. The van der Waals surface area contributed by atoms with Crippen molar-refractivity contribution in [3.05, 3.63) is 83.7 Å². The van der Waals surface area contributed by atoms with Crippen LogP contribution in [0.5, 0.6) is 0 Å². The molecule has 0 saturated carbocycles. The van der Waals surface area contributed by atoms with Crippen molar-refractivity contribution in [2.75, 3.05) is 5.32 Å². The highest BCUT2D eigenvalue weighted by Gasteiger charge is 2.12. The summed E-state index contributed by atoms with van der Waals surface area (Å²) < 4.78 is 15.3. The molecule has 4 rings (SSSR count). The highest BCUT2D eigenvalue weighted by atomic mass is 19.1. The lowest BCUT2D eigenvalue weighted by Gasteiger charge is -2.07. The van der Waals surface area contributed by atoms with Crippen molar-refractivity contribution in [3.63, 3.8) is 0 Å². The molecule has 0 spiro atoms. The standard InChI is InChI=1S/C20H14FN5O/c1-26-12-23-16-18(24-20(21)25-19(16)26)22-11-13-7-9-15(10-8-13)17(27)14-5-3-2-4-6-14/h3,5-10,12H,11H2,1H3,(H,22,24,25). The van der Waals surface area contributed by atoms with Crippen molar-refractivity contribution in [2.24, 2.45) is 7.05 Å². The second-order valence-electron chi connectivity index (χ2n) is 5.97. The van der Waals surface area contributed by atoms with Crippen LogP contribution in [0, 0.1) is 18.2 Å². The number of imidazole rings is 1. The third-order valence-electron chi connectivity index (χ3n) is 4.13. The molecule has 27 heavy (non-hydrogen) atoms. The summed E-state index contributed by atoms with van der Waals surface area (Å²) in [7, 11) is 1.74. The molecular weight excluding hydrogens is 345 g/mol. The summed E-state index contributed by atoms with van der Waals surface area (Å²) in [5, 5.41) is 3.08. The van der Waals surface area contributed by atoms with E-state index in [4.69, 9.17) is 0 Å². The summed E-state index contributed by atoms with van der Waals surface area (Å²) in [6, 6.07) is 17.7. The number of aryl methyl sites for hydroxylation is 1. The maximum absolute atomic E-state index is 13.6. The zero-order valence-electron chi connectivity index (χ0n) is 14.4. The lowest BCUT2D eigenvalue weighted by molar-refractivity contribution is 0.103. The molecule has 0 radical (unpaired) electrons. The summed E-state index contributed by atoms with van der Waals surface area (Å²) in [6.07, 6.45) is 0.745. The molecule has 0 aliphatic heterocycles. The number of nitrogens with one attached hydrogen (secondary N) is 1. The Balaban J connectivity index is 1.51. The molecule has 0 amide bonds. The van der Waals surface area contributed by atoms with Crippen molar-refractivity contribution in [1.82, 2.24) is 19.5 Å². The third kappa shape index (κ3) is 3.33. The van der Waals surface area contributed by atoms with Gasteiger partial charge in [0.15, 0.2) is 22.8 Å².